The maximum atomic E-state index is 13.4. The number of aromatic amines is 1. The van der Waals surface area contributed by atoms with Gasteiger partial charge < -0.3 is 24.7 Å². The molecule has 0 bridgehead atoms. The summed E-state index contributed by atoms with van der Waals surface area (Å²) in [5.41, 5.74) is 3.69. The third-order valence-electron chi connectivity index (χ3n) is 6.28. The van der Waals surface area contributed by atoms with Crippen LogP contribution in [-0.4, -0.2) is 36.7 Å². The van der Waals surface area contributed by atoms with Crippen molar-refractivity contribution in [3.05, 3.63) is 98.8 Å². The molecule has 37 heavy (non-hydrogen) atoms. The van der Waals surface area contributed by atoms with Crippen LogP contribution in [0, 0.1) is 0 Å². The van der Waals surface area contributed by atoms with Crippen molar-refractivity contribution >= 4 is 34.2 Å². The summed E-state index contributed by atoms with van der Waals surface area (Å²) in [6.07, 6.45) is 1.43. The second-order valence-electron chi connectivity index (χ2n) is 8.67. The van der Waals surface area contributed by atoms with E-state index >= 15 is 0 Å². The minimum absolute atomic E-state index is 0.130. The first-order valence-corrected chi connectivity index (χ1v) is 12.5. The van der Waals surface area contributed by atoms with E-state index in [0.717, 1.165) is 22.9 Å². The average molecular weight is 520 g/mol. The number of carbonyl (C=O) groups excluding carboxylic acids is 1. The number of anilines is 1. The molecule has 3 aromatic carbocycles. The molecule has 0 aliphatic heterocycles. The molecule has 8 heteroatoms. The van der Waals surface area contributed by atoms with Crippen molar-refractivity contribution in [1.82, 2.24) is 9.88 Å². The summed E-state index contributed by atoms with van der Waals surface area (Å²) in [6.45, 7) is 2.58. The lowest BCUT2D eigenvalue weighted by Gasteiger charge is -2.24. The summed E-state index contributed by atoms with van der Waals surface area (Å²) in [4.78, 5) is 30.9. The van der Waals surface area contributed by atoms with E-state index in [1.165, 1.54) is 5.56 Å². The minimum atomic E-state index is -0.351. The number of hydrogen-bond acceptors (Lipinski definition) is 4. The molecule has 0 atom stereocenters. The smallest absolute Gasteiger partial charge is 0.322 e. The molecule has 0 radical (unpaired) electrons. The molecule has 0 aliphatic rings. The Bertz CT molecular complexity index is 1470. The molecule has 0 unspecified atom stereocenters. The van der Waals surface area contributed by atoms with Crippen LogP contribution in [0.3, 0.4) is 0 Å². The van der Waals surface area contributed by atoms with E-state index < -0.39 is 0 Å². The van der Waals surface area contributed by atoms with E-state index in [1.54, 1.807) is 43.4 Å². The van der Waals surface area contributed by atoms with Gasteiger partial charge in [-0.15, -0.1) is 0 Å². The van der Waals surface area contributed by atoms with Gasteiger partial charge in [-0.2, -0.15) is 0 Å². The van der Waals surface area contributed by atoms with E-state index in [2.05, 4.69) is 23.3 Å². The van der Waals surface area contributed by atoms with Crippen LogP contribution in [0.4, 0.5) is 10.5 Å². The fourth-order valence-electron chi connectivity index (χ4n) is 4.15. The van der Waals surface area contributed by atoms with Gasteiger partial charge in [0.05, 0.1) is 31.5 Å². The van der Waals surface area contributed by atoms with Crippen molar-refractivity contribution in [1.29, 1.82) is 0 Å². The maximum Gasteiger partial charge on any atom is 0.322 e. The van der Waals surface area contributed by atoms with Crippen LogP contribution in [0.2, 0.25) is 5.02 Å². The Labute approximate surface area is 221 Å². The minimum Gasteiger partial charge on any atom is -0.493 e. The molecule has 1 heterocycles. The van der Waals surface area contributed by atoms with Gasteiger partial charge in [-0.25, -0.2) is 4.79 Å². The number of aryl methyl sites for hydroxylation is 1. The first-order valence-electron chi connectivity index (χ1n) is 12.1. The highest BCUT2D eigenvalue weighted by Gasteiger charge is 2.18. The third-order valence-corrected chi connectivity index (χ3v) is 6.61. The summed E-state index contributed by atoms with van der Waals surface area (Å²) in [5.74, 6) is 1.25. The zero-order valence-corrected chi connectivity index (χ0v) is 21.9. The number of para-hydroxylation sites is 1. The number of fused-ring (bicyclic) bond motifs is 1. The van der Waals surface area contributed by atoms with Crippen molar-refractivity contribution in [2.75, 3.05) is 26.1 Å². The number of carbonyl (C=O) groups is 1. The van der Waals surface area contributed by atoms with Gasteiger partial charge in [0, 0.05) is 17.6 Å². The topological polar surface area (TPSA) is 83.7 Å². The van der Waals surface area contributed by atoms with Gasteiger partial charge in [0.25, 0.3) is 5.56 Å². The van der Waals surface area contributed by atoms with Crippen LogP contribution in [0.5, 0.6) is 11.5 Å². The molecule has 0 saturated carbocycles. The number of methoxy groups -OCH3 is 2. The third kappa shape index (κ3) is 6.24. The van der Waals surface area contributed by atoms with E-state index in [0.29, 0.717) is 40.7 Å². The molecule has 0 fully saturated rings. The number of hydrogen-bond donors (Lipinski definition) is 2. The van der Waals surface area contributed by atoms with Crippen LogP contribution < -0.4 is 20.3 Å². The number of rotatable bonds is 9. The summed E-state index contributed by atoms with van der Waals surface area (Å²) in [6, 6.07) is 20.2. The number of ether oxygens (including phenoxy) is 2. The predicted molar refractivity (Wildman–Crippen MR) is 148 cm³/mol. The monoisotopic (exact) mass is 519 g/mol. The number of nitrogens with zero attached hydrogens (tertiary/aromatic N) is 1. The van der Waals surface area contributed by atoms with Crippen molar-refractivity contribution in [2.45, 2.75) is 26.3 Å². The first-order chi connectivity index (χ1) is 17.9. The van der Waals surface area contributed by atoms with Crippen molar-refractivity contribution in [3.8, 4) is 11.5 Å². The van der Waals surface area contributed by atoms with Crippen molar-refractivity contribution in [2.24, 2.45) is 0 Å². The Balaban J connectivity index is 1.62. The SMILES string of the molecule is CCc1ccc2[nH]c(=O)c(CN(CCc3ccc(OC)c(OC)c3)C(=O)Nc3ccccc3Cl)cc2c1. The van der Waals surface area contributed by atoms with Crippen molar-refractivity contribution < 1.29 is 14.3 Å². The van der Waals surface area contributed by atoms with Crippen LogP contribution >= 0.6 is 11.6 Å². The Hall–Kier alpha value is -3.97. The summed E-state index contributed by atoms with van der Waals surface area (Å²) in [7, 11) is 3.17. The Morgan fingerprint density at radius 1 is 0.973 bits per heavy atom. The molecule has 192 valence electrons. The van der Waals surface area contributed by atoms with Crippen LogP contribution in [-0.2, 0) is 19.4 Å². The molecule has 2 N–H and O–H groups in total. The highest BCUT2D eigenvalue weighted by molar-refractivity contribution is 6.33. The number of benzene rings is 3. The quantitative estimate of drug-likeness (QED) is 0.282. The lowest BCUT2D eigenvalue weighted by atomic mass is 10.1. The molecule has 1 aromatic heterocycles. The van der Waals surface area contributed by atoms with Gasteiger partial charge >= 0.3 is 6.03 Å². The highest BCUT2D eigenvalue weighted by Crippen LogP contribution is 2.28. The standard InChI is InChI=1S/C29H30ClN3O4/c1-4-19-9-11-24-21(15-19)17-22(28(34)31-24)18-33(29(35)32-25-8-6-5-7-23(25)30)14-13-20-10-12-26(36-2)27(16-20)37-3/h5-12,15-17H,4,13-14,18H2,1-3H3,(H,31,34)(H,32,35). The number of nitrogens with one attached hydrogen (secondary N) is 2. The highest BCUT2D eigenvalue weighted by atomic mass is 35.5. The molecule has 4 aromatic rings. The molecular formula is C29H30ClN3O4. The van der Waals surface area contributed by atoms with Crippen LogP contribution in [0.1, 0.15) is 23.6 Å². The molecule has 0 saturated heterocycles. The second kappa shape index (κ2) is 11.8. The van der Waals surface area contributed by atoms with Crippen molar-refractivity contribution in [3.63, 3.8) is 0 Å². The van der Waals surface area contributed by atoms with Gasteiger partial charge in [0.15, 0.2) is 11.5 Å². The maximum absolute atomic E-state index is 13.4. The zero-order chi connectivity index (χ0) is 26.4. The Kier molecular flexibility index (Phi) is 8.36. The number of amides is 2. The second-order valence-corrected chi connectivity index (χ2v) is 9.08. The average Bonchev–Trinajstić information content (AvgIpc) is 2.91. The fourth-order valence-corrected chi connectivity index (χ4v) is 4.34. The van der Waals surface area contributed by atoms with E-state index in [-0.39, 0.29) is 18.1 Å². The summed E-state index contributed by atoms with van der Waals surface area (Å²) >= 11 is 6.27. The number of urea groups is 1. The summed E-state index contributed by atoms with van der Waals surface area (Å²) < 4.78 is 10.7. The molecular weight excluding hydrogens is 490 g/mol. The first kappa shape index (κ1) is 26.1. The largest absolute Gasteiger partial charge is 0.493 e. The van der Waals surface area contributed by atoms with Gasteiger partial charge in [-0.05, 0) is 71.8 Å². The molecule has 4 rings (SSSR count). The zero-order valence-electron chi connectivity index (χ0n) is 21.1. The summed E-state index contributed by atoms with van der Waals surface area (Å²) in [5, 5.41) is 4.25. The molecule has 0 aliphatic carbocycles. The van der Waals surface area contributed by atoms with Gasteiger partial charge in [0.2, 0.25) is 0 Å². The number of pyridine rings is 1. The molecule has 2 amide bonds. The lowest BCUT2D eigenvalue weighted by Crippen LogP contribution is -2.37. The lowest BCUT2D eigenvalue weighted by molar-refractivity contribution is 0.209. The number of aromatic nitrogens is 1. The van der Waals surface area contributed by atoms with Gasteiger partial charge in [-0.1, -0.05) is 42.8 Å². The molecule has 7 nitrogen and oxygen atoms in total. The van der Waals surface area contributed by atoms with Crippen LogP contribution in [0.25, 0.3) is 10.9 Å². The van der Waals surface area contributed by atoms with Gasteiger partial charge in [0.1, 0.15) is 0 Å². The van der Waals surface area contributed by atoms with E-state index in [4.69, 9.17) is 21.1 Å². The Morgan fingerprint density at radius 3 is 2.46 bits per heavy atom. The number of H-pyrrole nitrogens is 1. The predicted octanol–water partition coefficient (Wildman–Crippen LogP) is 6.04. The normalized spacial score (nSPS) is 10.8. The fraction of sp³-hybridized carbons (Fsp3) is 0.241. The van der Waals surface area contributed by atoms with Gasteiger partial charge in [-0.3, -0.25) is 4.79 Å². The van der Waals surface area contributed by atoms with Crippen LogP contribution in [0.15, 0.2) is 71.5 Å². The van der Waals surface area contributed by atoms with E-state index in [1.807, 2.05) is 36.4 Å². The Morgan fingerprint density at radius 2 is 1.73 bits per heavy atom. The molecule has 0 spiro atoms. The number of halogens is 1. The van der Waals surface area contributed by atoms with E-state index in [9.17, 15) is 9.59 Å².